The average Bonchev–Trinajstić information content (AvgIpc) is 2.91. The standard InChI is InChI=1S/C22H32O/c1-15(14-23)18-9-10-19-17-8-7-16-6-4-5-12-21(16,2)20(17)11-13-22(18,19)3/h7-8,14-15,18-20H,4-6,9-13H2,1-3H3/t15?,18-,19+,20+,21+,22-/m1/s1. The molecular formula is C22H32O. The van der Waals surface area contributed by atoms with Crippen molar-refractivity contribution in [3.05, 3.63) is 23.3 Å². The van der Waals surface area contributed by atoms with Gasteiger partial charge in [0.15, 0.2) is 0 Å². The van der Waals surface area contributed by atoms with Crippen molar-refractivity contribution in [1.29, 1.82) is 0 Å². The highest BCUT2D eigenvalue weighted by atomic mass is 16.1. The Morgan fingerprint density at radius 2 is 1.91 bits per heavy atom. The van der Waals surface area contributed by atoms with E-state index in [2.05, 4.69) is 32.9 Å². The number of fused-ring (bicyclic) bond motifs is 5. The number of allylic oxidation sites excluding steroid dienone is 4. The number of rotatable bonds is 2. The Balaban J connectivity index is 1.70. The van der Waals surface area contributed by atoms with Crippen LogP contribution >= 0.6 is 0 Å². The van der Waals surface area contributed by atoms with Crippen LogP contribution in [0.15, 0.2) is 23.3 Å². The van der Waals surface area contributed by atoms with Gasteiger partial charge in [0.25, 0.3) is 0 Å². The molecule has 4 rings (SSSR count). The van der Waals surface area contributed by atoms with Crippen molar-refractivity contribution in [1.82, 2.24) is 0 Å². The van der Waals surface area contributed by atoms with E-state index in [1.54, 1.807) is 11.1 Å². The lowest BCUT2D eigenvalue weighted by Crippen LogP contribution is -2.45. The fourth-order valence-corrected chi connectivity index (χ4v) is 7.04. The van der Waals surface area contributed by atoms with Gasteiger partial charge in [0.2, 0.25) is 0 Å². The van der Waals surface area contributed by atoms with E-state index in [0.717, 1.165) is 11.8 Å². The summed E-state index contributed by atoms with van der Waals surface area (Å²) in [6, 6.07) is 0. The van der Waals surface area contributed by atoms with Crippen LogP contribution in [0.4, 0.5) is 0 Å². The van der Waals surface area contributed by atoms with Crippen molar-refractivity contribution in [2.75, 3.05) is 0 Å². The molecular weight excluding hydrogens is 280 g/mol. The molecule has 0 spiro atoms. The fourth-order valence-electron chi connectivity index (χ4n) is 7.04. The molecule has 23 heavy (non-hydrogen) atoms. The Labute approximate surface area is 141 Å². The number of carbonyl (C=O) groups excluding carboxylic acids is 1. The second kappa shape index (κ2) is 5.33. The van der Waals surface area contributed by atoms with Gasteiger partial charge in [-0.05, 0) is 73.5 Å². The van der Waals surface area contributed by atoms with E-state index in [0.29, 0.717) is 16.7 Å². The first-order valence-corrected chi connectivity index (χ1v) is 9.87. The molecule has 0 aromatic heterocycles. The minimum absolute atomic E-state index is 0.224. The quantitative estimate of drug-likeness (QED) is 0.597. The van der Waals surface area contributed by atoms with Crippen LogP contribution in [0.25, 0.3) is 0 Å². The third-order valence-corrected chi connectivity index (χ3v) is 8.41. The van der Waals surface area contributed by atoms with Gasteiger partial charge in [-0.15, -0.1) is 0 Å². The van der Waals surface area contributed by atoms with Gasteiger partial charge in [0.05, 0.1) is 0 Å². The minimum Gasteiger partial charge on any atom is -0.303 e. The monoisotopic (exact) mass is 312 g/mol. The van der Waals surface area contributed by atoms with E-state index < -0.39 is 0 Å². The van der Waals surface area contributed by atoms with Crippen LogP contribution < -0.4 is 0 Å². The Morgan fingerprint density at radius 3 is 2.70 bits per heavy atom. The summed E-state index contributed by atoms with van der Waals surface area (Å²) in [5.74, 6) is 2.33. The summed E-state index contributed by atoms with van der Waals surface area (Å²) < 4.78 is 0. The normalized spacial score (nSPS) is 46.8. The van der Waals surface area contributed by atoms with Crippen LogP contribution in [-0.2, 0) is 4.79 Å². The van der Waals surface area contributed by atoms with E-state index in [4.69, 9.17) is 0 Å². The molecule has 0 radical (unpaired) electrons. The van der Waals surface area contributed by atoms with Crippen molar-refractivity contribution in [2.24, 2.45) is 34.5 Å². The molecule has 3 fully saturated rings. The predicted octanol–water partition coefficient (Wildman–Crippen LogP) is 5.71. The van der Waals surface area contributed by atoms with E-state index >= 15 is 0 Å². The van der Waals surface area contributed by atoms with Crippen molar-refractivity contribution in [3.8, 4) is 0 Å². The lowest BCUT2D eigenvalue weighted by atomic mass is 9.50. The summed E-state index contributed by atoms with van der Waals surface area (Å²) in [7, 11) is 0. The fraction of sp³-hybridized carbons (Fsp3) is 0.773. The highest BCUT2D eigenvalue weighted by molar-refractivity contribution is 5.54. The number of carbonyl (C=O) groups is 1. The molecule has 1 unspecified atom stereocenters. The van der Waals surface area contributed by atoms with Gasteiger partial charge in [-0.1, -0.05) is 50.5 Å². The summed E-state index contributed by atoms with van der Waals surface area (Å²) in [5, 5.41) is 0. The number of hydrogen-bond donors (Lipinski definition) is 0. The van der Waals surface area contributed by atoms with E-state index in [9.17, 15) is 4.79 Å². The molecule has 0 bridgehead atoms. The highest BCUT2D eigenvalue weighted by Gasteiger charge is 2.56. The average molecular weight is 312 g/mol. The first-order chi connectivity index (χ1) is 11.0. The summed E-state index contributed by atoms with van der Waals surface area (Å²) in [6.45, 7) is 7.20. The van der Waals surface area contributed by atoms with Gasteiger partial charge in [-0.3, -0.25) is 0 Å². The maximum atomic E-state index is 11.4. The Hall–Kier alpha value is -0.850. The Bertz CT molecular complexity index is 571. The Morgan fingerprint density at radius 1 is 1.09 bits per heavy atom. The van der Waals surface area contributed by atoms with Crippen LogP contribution in [0.1, 0.15) is 72.1 Å². The van der Waals surface area contributed by atoms with Gasteiger partial charge < -0.3 is 4.79 Å². The van der Waals surface area contributed by atoms with Crippen molar-refractivity contribution in [2.45, 2.75) is 72.1 Å². The van der Waals surface area contributed by atoms with Crippen LogP contribution in [0.5, 0.6) is 0 Å². The summed E-state index contributed by atoms with van der Waals surface area (Å²) in [5.41, 5.74) is 4.29. The van der Waals surface area contributed by atoms with Crippen molar-refractivity contribution in [3.63, 3.8) is 0 Å². The smallest absolute Gasteiger partial charge is 0.123 e. The maximum Gasteiger partial charge on any atom is 0.123 e. The first-order valence-electron chi connectivity index (χ1n) is 9.87. The molecule has 6 atom stereocenters. The molecule has 0 heterocycles. The van der Waals surface area contributed by atoms with E-state index in [1.165, 1.54) is 57.7 Å². The van der Waals surface area contributed by atoms with E-state index in [-0.39, 0.29) is 5.92 Å². The SMILES string of the molecule is CC(C=O)[C@H]1CC[C@H]2C3=CC=C4CCCC[C@]4(C)[C@H]3CC[C@]12C. The van der Waals surface area contributed by atoms with Gasteiger partial charge in [-0.2, -0.15) is 0 Å². The van der Waals surface area contributed by atoms with Gasteiger partial charge in [-0.25, -0.2) is 0 Å². The molecule has 3 saturated carbocycles. The zero-order valence-electron chi connectivity index (χ0n) is 15.1. The van der Waals surface area contributed by atoms with Crippen LogP contribution in [0.2, 0.25) is 0 Å². The maximum absolute atomic E-state index is 11.4. The largest absolute Gasteiger partial charge is 0.303 e. The molecule has 0 aliphatic heterocycles. The Kier molecular flexibility index (Phi) is 3.63. The topological polar surface area (TPSA) is 17.1 Å². The lowest BCUT2D eigenvalue weighted by molar-refractivity contribution is -0.113. The van der Waals surface area contributed by atoms with Crippen molar-refractivity contribution < 1.29 is 4.79 Å². The van der Waals surface area contributed by atoms with Gasteiger partial charge >= 0.3 is 0 Å². The lowest BCUT2D eigenvalue weighted by Gasteiger charge is -2.54. The molecule has 0 saturated heterocycles. The number of hydrogen-bond acceptors (Lipinski definition) is 1. The van der Waals surface area contributed by atoms with Crippen LogP contribution in [0.3, 0.4) is 0 Å². The van der Waals surface area contributed by atoms with Crippen molar-refractivity contribution >= 4 is 6.29 Å². The molecule has 4 aliphatic carbocycles. The summed E-state index contributed by atoms with van der Waals surface area (Å²) in [4.78, 5) is 11.4. The zero-order chi connectivity index (χ0) is 16.2. The molecule has 0 amide bonds. The molecule has 1 nitrogen and oxygen atoms in total. The van der Waals surface area contributed by atoms with Gasteiger partial charge in [0, 0.05) is 5.92 Å². The third-order valence-electron chi connectivity index (χ3n) is 8.41. The van der Waals surface area contributed by atoms with E-state index in [1.807, 2.05) is 0 Å². The predicted molar refractivity (Wildman–Crippen MR) is 95.0 cm³/mol. The molecule has 1 heteroatoms. The first kappa shape index (κ1) is 15.7. The summed E-state index contributed by atoms with van der Waals surface area (Å²) in [6.07, 6.45) is 16.9. The zero-order valence-corrected chi connectivity index (χ0v) is 15.1. The second-order valence-electron chi connectivity index (χ2n) is 9.31. The highest BCUT2D eigenvalue weighted by Crippen LogP contribution is 2.65. The molecule has 0 aromatic carbocycles. The minimum atomic E-state index is 0.224. The van der Waals surface area contributed by atoms with Gasteiger partial charge in [0.1, 0.15) is 6.29 Å². The summed E-state index contributed by atoms with van der Waals surface area (Å²) >= 11 is 0. The molecule has 126 valence electrons. The number of aldehydes is 1. The van der Waals surface area contributed by atoms with Crippen LogP contribution in [0, 0.1) is 34.5 Å². The molecule has 0 aromatic rings. The molecule has 4 aliphatic rings. The second-order valence-corrected chi connectivity index (χ2v) is 9.31. The molecule has 0 N–H and O–H groups in total. The van der Waals surface area contributed by atoms with Crippen LogP contribution in [-0.4, -0.2) is 6.29 Å². The third kappa shape index (κ3) is 2.07.